The molecule has 0 fully saturated rings. The lowest BCUT2D eigenvalue weighted by Crippen LogP contribution is -2.11. The van der Waals surface area contributed by atoms with Gasteiger partial charge in [-0.25, -0.2) is 4.98 Å². The molecule has 0 saturated heterocycles. The summed E-state index contributed by atoms with van der Waals surface area (Å²) in [5.74, 6) is -0.270. The molecule has 0 aliphatic carbocycles. The molecule has 162 valence electrons. The first-order valence-corrected chi connectivity index (χ1v) is 11.6. The topological polar surface area (TPSA) is 68.0 Å². The Hall–Kier alpha value is -3.67. The molecule has 0 aliphatic rings. The molecule has 0 aliphatic heterocycles. The van der Waals surface area contributed by atoms with Crippen molar-refractivity contribution in [3.63, 3.8) is 0 Å². The minimum Gasteiger partial charge on any atom is -0.397 e. The zero-order valence-electron chi connectivity index (χ0n) is 17.8. The predicted molar refractivity (Wildman–Crippen MR) is 139 cm³/mol. The van der Waals surface area contributed by atoms with Crippen molar-refractivity contribution in [1.29, 1.82) is 0 Å². The number of nitrogens with two attached hydrogens (primary N) is 1. The van der Waals surface area contributed by atoms with Crippen LogP contribution in [0.15, 0.2) is 84.9 Å². The van der Waals surface area contributed by atoms with Gasteiger partial charge in [-0.1, -0.05) is 71.8 Å². The Morgan fingerprint density at radius 3 is 2.33 bits per heavy atom. The number of fused-ring (bicyclic) bond motifs is 1. The minimum absolute atomic E-state index is 0.270. The van der Waals surface area contributed by atoms with Gasteiger partial charge >= 0.3 is 0 Å². The first-order chi connectivity index (χ1) is 16.0. The van der Waals surface area contributed by atoms with E-state index in [1.807, 2.05) is 36.4 Å². The molecule has 5 rings (SSSR count). The van der Waals surface area contributed by atoms with Crippen molar-refractivity contribution < 1.29 is 4.79 Å². The number of amides is 1. The number of carbonyl (C=O) groups excluding carboxylic acids is 1. The average molecular weight is 470 g/mol. The van der Waals surface area contributed by atoms with Crippen LogP contribution >= 0.6 is 22.9 Å². The van der Waals surface area contributed by atoms with Crippen LogP contribution in [0, 0.1) is 6.92 Å². The van der Waals surface area contributed by atoms with Crippen LogP contribution in [-0.4, -0.2) is 10.9 Å². The van der Waals surface area contributed by atoms with Crippen molar-refractivity contribution in [2.24, 2.45) is 0 Å². The number of nitrogens with zero attached hydrogens (tertiary/aromatic N) is 1. The standard InChI is InChI=1S/C27H20ClN3OS/c1-16-7-9-17(10-8-16)21-15-22(18-5-3-2-4-6-18)31-27-23(21)24(29)25(33-27)26(32)30-20-13-11-19(28)12-14-20/h2-15H,29H2,1H3,(H,30,32). The van der Waals surface area contributed by atoms with Gasteiger partial charge in [-0.3, -0.25) is 4.79 Å². The van der Waals surface area contributed by atoms with E-state index in [2.05, 4.69) is 36.5 Å². The molecule has 4 nitrogen and oxygen atoms in total. The van der Waals surface area contributed by atoms with Crippen LogP contribution in [0.1, 0.15) is 15.2 Å². The molecule has 0 radical (unpaired) electrons. The Morgan fingerprint density at radius 1 is 0.939 bits per heavy atom. The number of benzene rings is 3. The van der Waals surface area contributed by atoms with Gasteiger partial charge in [-0.2, -0.15) is 0 Å². The number of hydrogen-bond acceptors (Lipinski definition) is 4. The summed E-state index contributed by atoms with van der Waals surface area (Å²) in [5.41, 5.74) is 12.7. The van der Waals surface area contributed by atoms with Gasteiger partial charge in [-0.05, 0) is 48.4 Å². The summed E-state index contributed by atoms with van der Waals surface area (Å²) in [4.78, 5) is 19.1. The average Bonchev–Trinajstić information content (AvgIpc) is 3.17. The number of halogens is 1. The number of aromatic nitrogens is 1. The van der Waals surface area contributed by atoms with Crippen molar-refractivity contribution >= 4 is 50.4 Å². The Morgan fingerprint density at radius 2 is 1.64 bits per heavy atom. The molecule has 0 saturated carbocycles. The highest BCUT2D eigenvalue weighted by atomic mass is 35.5. The van der Waals surface area contributed by atoms with Crippen molar-refractivity contribution in [3.05, 3.63) is 100 Å². The monoisotopic (exact) mass is 469 g/mol. The predicted octanol–water partition coefficient (Wildman–Crippen LogP) is 7.43. The van der Waals surface area contributed by atoms with Crippen molar-refractivity contribution in [2.45, 2.75) is 6.92 Å². The lowest BCUT2D eigenvalue weighted by Gasteiger charge is -2.09. The molecule has 3 aromatic carbocycles. The highest BCUT2D eigenvalue weighted by molar-refractivity contribution is 7.21. The van der Waals surface area contributed by atoms with Gasteiger partial charge in [0.1, 0.15) is 9.71 Å². The van der Waals surface area contributed by atoms with Crippen LogP contribution in [0.25, 0.3) is 32.6 Å². The molecular formula is C27H20ClN3OS. The number of aryl methyl sites for hydroxylation is 1. The summed E-state index contributed by atoms with van der Waals surface area (Å²) in [5, 5.41) is 4.31. The first kappa shape index (κ1) is 21.2. The summed E-state index contributed by atoms with van der Waals surface area (Å²) in [7, 11) is 0. The van der Waals surface area contributed by atoms with E-state index in [4.69, 9.17) is 22.3 Å². The van der Waals surface area contributed by atoms with Crippen LogP contribution < -0.4 is 11.1 Å². The van der Waals surface area contributed by atoms with E-state index in [0.717, 1.165) is 32.6 Å². The SMILES string of the molecule is Cc1ccc(-c2cc(-c3ccccc3)nc3sc(C(=O)Nc4ccc(Cl)cc4)c(N)c23)cc1. The normalized spacial score (nSPS) is 11.0. The van der Waals surface area contributed by atoms with Gasteiger partial charge in [0.15, 0.2) is 0 Å². The lowest BCUT2D eigenvalue weighted by molar-refractivity contribution is 0.103. The van der Waals surface area contributed by atoms with Gasteiger partial charge in [0.05, 0.1) is 11.4 Å². The second-order valence-electron chi connectivity index (χ2n) is 7.77. The quantitative estimate of drug-likeness (QED) is 0.287. The van der Waals surface area contributed by atoms with Crippen molar-refractivity contribution in [3.8, 4) is 22.4 Å². The zero-order chi connectivity index (χ0) is 22.9. The second-order valence-corrected chi connectivity index (χ2v) is 9.21. The number of hydrogen-bond donors (Lipinski definition) is 2. The zero-order valence-corrected chi connectivity index (χ0v) is 19.4. The molecule has 0 atom stereocenters. The summed E-state index contributed by atoms with van der Waals surface area (Å²) in [6.07, 6.45) is 0. The van der Waals surface area contributed by atoms with Crippen LogP contribution in [0.4, 0.5) is 11.4 Å². The third-order valence-corrected chi connectivity index (χ3v) is 6.79. The van der Waals surface area contributed by atoms with E-state index in [1.165, 1.54) is 16.9 Å². The van der Waals surface area contributed by atoms with Crippen LogP contribution in [0.5, 0.6) is 0 Å². The molecular weight excluding hydrogens is 450 g/mol. The molecule has 0 spiro atoms. The molecule has 2 heterocycles. The largest absolute Gasteiger partial charge is 0.397 e. The number of pyridine rings is 1. The summed E-state index contributed by atoms with van der Waals surface area (Å²) < 4.78 is 0. The Labute approximate surface area is 200 Å². The number of nitrogens with one attached hydrogen (secondary N) is 1. The third-order valence-electron chi connectivity index (χ3n) is 5.44. The molecule has 2 aromatic heterocycles. The number of rotatable bonds is 4. The Bertz CT molecular complexity index is 1460. The van der Waals surface area contributed by atoms with Crippen molar-refractivity contribution in [2.75, 3.05) is 11.1 Å². The number of thiophene rings is 1. The fraction of sp³-hybridized carbons (Fsp3) is 0.0370. The highest BCUT2D eigenvalue weighted by Gasteiger charge is 2.22. The second kappa shape index (κ2) is 8.70. The lowest BCUT2D eigenvalue weighted by atomic mass is 9.99. The Kier molecular flexibility index (Phi) is 5.58. The minimum atomic E-state index is -0.270. The molecule has 33 heavy (non-hydrogen) atoms. The van der Waals surface area contributed by atoms with Gasteiger partial charge in [-0.15, -0.1) is 11.3 Å². The van der Waals surface area contributed by atoms with Crippen molar-refractivity contribution in [1.82, 2.24) is 4.98 Å². The number of nitrogen functional groups attached to an aromatic ring is 1. The van der Waals surface area contributed by atoms with Gasteiger partial charge in [0.25, 0.3) is 5.91 Å². The molecule has 6 heteroatoms. The van der Waals surface area contributed by atoms with Gasteiger partial charge in [0, 0.05) is 21.7 Å². The fourth-order valence-electron chi connectivity index (χ4n) is 3.73. The smallest absolute Gasteiger partial charge is 0.267 e. The van der Waals surface area contributed by atoms with E-state index < -0.39 is 0 Å². The van der Waals surface area contributed by atoms with E-state index in [-0.39, 0.29) is 5.91 Å². The fourth-order valence-corrected chi connectivity index (χ4v) is 4.87. The van der Waals surface area contributed by atoms with Gasteiger partial charge in [0.2, 0.25) is 0 Å². The maximum Gasteiger partial charge on any atom is 0.267 e. The number of anilines is 2. The molecule has 0 bridgehead atoms. The Balaban J connectivity index is 1.66. The summed E-state index contributed by atoms with van der Waals surface area (Å²) in [6, 6.07) is 27.3. The summed E-state index contributed by atoms with van der Waals surface area (Å²) >= 11 is 7.26. The highest BCUT2D eigenvalue weighted by Crippen LogP contribution is 2.41. The maximum absolute atomic E-state index is 13.1. The molecule has 5 aromatic rings. The van der Waals surface area contributed by atoms with Crippen LogP contribution in [-0.2, 0) is 0 Å². The molecule has 1 amide bonds. The van der Waals surface area contributed by atoms with E-state index in [1.54, 1.807) is 24.3 Å². The molecule has 0 unspecified atom stereocenters. The number of carbonyl (C=O) groups is 1. The van der Waals surface area contributed by atoms with E-state index in [9.17, 15) is 4.79 Å². The van der Waals surface area contributed by atoms with E-state index in [0.29, 0.717) is 21.3 Å². The maximum atomic E-state index is 13.1. The summed E-state index contributed by atoms with van der Waals surface area (Å²) in [6.45, 7) is 2.06. The molecule has 3 N–H and O–H groups in total. The first-order valence-electron chi connectivity index (χ1n) is 10.4. The van der Waals surface area contributed by atoms with Crippen LogP contribution in [0.3, 0.4) is 0 Å². The third kappa shape index (κ3) is 4.21. The van der Waals surface area contributed by atoms with E-state index >= 15 is 0 Å². The van der Waals surface area contributed by atoms with Gasteiger partial charge < -0.3 is 11.1 Å². The van der Waals surface area contributed by atoms with Crippen LogP contribution in [0.2, 0.25) is 5.02 Å².